The summed E-state index contributed by atoms with van der Waals surface area (Å²) in [5.74, 6) is 0.895. The van der Waals surface area contributed by atoms with Crippen molar-refractivity contribution >= 4 is 23.2 Å². The first kappa shape index (κ1) is 24.0. The minimum atomic E-state index is -0.490. The van der Waals surface area contributed by atoms with Crippen molar-refractivity contribution in [3.8, 4) is 23.2 Å². The van der Waals surface area contributed by atoms with Crippen LogP contribution in [0.1, 0.15) is 36.3 Å². The first-order valence-corrected chi connectivity index (χ1v) is 11.5. The van der Waals surface area contributed by atoms with Gasteiger partial charge in [-0.3, -0.25) is 4.79 Å². The molecule has 0 saturated heterocycles. The third-order valence-electron chi connectivity index (χ3n) is 5.31. The van der Waals surface area contributed by atoms with Crippen LogP contribution in [-0.4, -0.2) is 22.7 Å². The van der Waals surface area contributed by atoms with Gasteiger partial charge in [0.1, 0.15) is 5.75 Å². The summed E-state index contributed by atoms with van der Waals surface area (Å²) < 4.78 is 10.7. The molecule has 0 fully saturated rings. The van der Waals surface area contributed by atoms with E-state index < -0.39 is 5.92 Å². The van der Waals surface area contributed by atoms with E-state index in [0.717, 1.165) is 16.9 Å². The number of aryl methyl sites for hydroxylation is 1. The van der Waals surface area contributed by atoms with E-state index in [9.17, 15) is 10.1 Å². The fourth-order valence-corrected chi connectivity index (χ4v) is 3.88. The highest BCUT2D eigenvalue weighted by molar-refractivity contribution is 6.31. The molecule has 0 radical (unpaired) electrons. The quantitative estimate of drug-likeness (QED) is 0.310. The van der Waals surface area contributed by atoms with Crippen LogP contribution in [0.15, 0.2) is 77.3 Å². The monoisotopic (exact) mass is 486 g/mol. The van der Waals surface area contributed by atoms with Crippen molar-refractivity contribution in [2.75, 3.05) is 11.9 Å². The minimum absolute atomic E-state index is 0.162. The summed E-state index contributed by atoms with van der Waals surface area (Å²) in [4.78, 5) is 16.8. The molecule has 0 aliphatic rings. The molecule has 176 valence electrons. The number of halogens is 1. The topological polar surface area (TPSA) is 101 Å². The number of ether oxygens (including phenoxy) is 1. The predicted octanol–water partition coefficient (Wildman–Crippen LogP) is 6.02. The number of carbonyl (C=O) groups is 1. The second-order valence-corrected chi connectivity index (χ2v) is 8.13. The molecular weight excluding hydrogens is 464 g/mol. The van der Waals surface area contributed by atoms with Gasteiger partial charge < -0.3 is 14.6 Å². The van der Waals surface area contributed by atoms with Crippen LogP contribution in [0.3, 0.4) is 0 Å². The lowest BCUT2D eigenvalue weighted by molar-refractivity contribution is -0.116. The van der Waals surface area contributed by atoms with Gasteiger partial charge >= 0.3 is 0 Å². The average Bonchev–Trinajstić information content (AvgIpc) is 3.35. The van der Waals surface area contributed by atoms with Crippen molar-refractivity contribution < 1.29 is 14.1 Å². The molecule has 35 heavy (non-hydrogen) atoms. The zero-order chi connectivity index (χ0) is 24.6. The normalized spacial score (nSPS) is 11.5. The molecule has 1 atom stereocenters. The number of amides is 1. The molecule has 1 heterocycles. The number of rotatable bonds is 9. The highest BCUT2D eigenvalue weighted by Gasteiger charge is 2.17. The second kappa shape index (κ2) is 11.3. The lowest BCUT2D eigenvalue weighted by Crippen LogP contribution is -2.12. The maximum absolute atomic E-state index is 12.5. The van der Waals surface area contributed by atoms with Crippen LogP contribution >= 0.6 is 11.6 Å². The molecule has 0 aliphatic heterocycles. The number of benzene rings is 3. The predicted molar refractivity (Wildman–Crippen MR) is 133 cm³/mol. The smallest absolute Gasteiger partial charge is 0.227 e. The molecule has 1 unspecified atom stereocenters. The van der Waals surface area contributed by atoms with Crippen LogP contribution in [0.25, 0.3) is 11.4 Å². The van der Waals surface area contributed by atoms with Gasteiger partial charge in [0, 0.05) is 29.1 Å². The van der Waals surface area contributed by atoms with E-state index in [1.54, 1.807) is 18.2 Å². The summed E-state index contributed by atoms with van der Waals surface area (Å²) in [7, 11) is 0. The van der Waals surface area contributed by atoms with E-state index in [2.05, 4.69) is 21.5 Å². The van der Waals surface area contributed by atoms with Gasteiger partial charge in [-0.05, 0) is 54.4 Å². The number of anilines is 1. The molecule has 4 aromatic rings. The Morgan fingerprint density at radius 1 is 1.14 bits per heavy atom. The Bertz CT molecular complexity index is 1330. The Morgan fingerprint density at radius 2 is 1.91 bits per heavy atom. The third-order valence-corrected chi connectivity index (χ3v) is 5.64. The van der Waals surface area contributed by atoms with Crippen LogP contribution in [0, 0.1) is 11.3 Å². The van der Waals surface area contributed by atoms with Gasteiger partial charge in [0.05, 0.1) is 18.6 Å². The molecule has 1 amide bonds. The number of hydrogen-bond acceptors (Lipinski definition) is 6. The fourth-order valence-electron chi connectivity index (χ4n) is 3.59. The number of nitriles is 1. The van der Waals surface area contributed by atoms with E-state index in [1.165, 1.54) is 0 Å². The maximum Gasteiger partial charge on any atom is 0.227 e. The molecule has 1 aromatic heterocycles. The summed E-state index contributed by atoms with van der Waals surface area (Å²) in [6.45, 7) is 2.52. The molecule has 4 rings (SSSR count). The first-order valence-electron chi connectivity index (χ1n) is 11.2. The molecule has 0 saturated carbocycles. The summed E-state index contributed by atoms with van der Waals surface area (Å²) in [5.41, 5.74) is 2.90. The summed E-state index contributed by atoms with van der Waals surface area (Å²) in [5, 5.41) is 16.9. The van der Waals surface area contributed by atoms with Crippen LogP contribution in [0.5, 0.6) is 5.75 Å². The maximum atomic E-state index is 12.5. The van der Waals surface area contributed by atoms with Crippen molar-refractivity contribution in [2.45, 2.75) is 25.7 Å². The fraction of sp³-hybridized carbons (Fsp3) is 0.185. The number of nitrogens with zero attached hydrogens (tertiary/aromatic N) is 3. The van der Waals surface area contributed by atoms with E-state index >= 15 is 0 Å². The van der Waals surface area contributed by atoms with Crippen molar-refractivity contribution in [3.05, 3.63) is 94.8 Å². The lowest BCUT2D eigenvalue weighted by atomic mass is 9.92. The Kier molecular flexibility index (Phi) is 7.76. The van der Waals surface area contributed by atoms with Gasteiger partial charge in [-0.25, -0.2) is 0 Å². The number of nitrogens with one attached hydrogen (secondary N) is 1. The van der Waals surface area contributed by atoms with E-state index in [1.807, 2.05) is 61.5 Å². The lowest BCUT2D eigenvalue weighted by Gasteiger charge is -2.13. The van der Waals surface area contributed by atoms with Gasteiger partial charge in [-0.1, -0.05) is 53.2 Å². The standard InChI is InChI=1S/C27H23ClN4O3/c1-2-34-21-11-8-19(9-12-21)27-31-26(35-32-27)15-14-25(33)30-20-10-13-22(24(28)16-20)23(17-29)18-6-4-3-5-7-18/h3-13,16,23H,2,14-15H2,1H3,(H,30,33). The largest absolute Gasteiger partial charge is 0.494 e. The zero-order valence-corrected chi connectivity index (χ0v) is 19.8. The van der Waals surface area contributed by atoms with Crippen molar-refractivity contribution in [1.29, 1.82) is 5.26 Å². The van der Waals surface area contributed by atoms with Crippen LogP contribution in [0.4, 0.5) is 5.69 Å². The SMILES string of the molecule is CCOc1ccc(-c2noc(CCC(=O)Nc3ccc(C(C#N)c4ccccc4)c(Cl)c3)n2)cc1. The first-order chi connectivity index (χ1) is 17.1. The average molecular weight is 487 g/mol. The molecule has 7 nitrogen and oxygen atoms in total. The van der Waals surface area contributed by atoms with Gasteiger partial charge in [0.25, 0.3) is 0 Å². The molecule has 0 aliphatic carbocycles. The van der Waals surface area contributed by atoms with Crippen LogP contribution in [-0.2, 0) is 11.2 Å². The van der Waals surface area contributed by atoms with Crippen molar-refractivity contribution in [3.63, 3.8) is 0 Å². The van der Waals surface area contributed by atoms with E-state index in [4.69, 9.17) is 20.9 Å². The Balaban J connectivity index is 1.34. The number of hydrogen-bond donors (Lipinski definition) is 1. The molecule has 0 bridgehead atoms. The summed E-state index contributed by atoms with van der Waals surface area (Å²) in [6, 6.07) is 24.3. The van der Waals surface area contributed by atoms with E-state index in [0.29, 0.717) is 41.0 Å². The highest BCUT2D eigenvalue weighted by atomic mass is 35.5. The Hall–Kier alpha value is -4.15. The minimum Gasteiger partial charge on any atom is -0.494 e. The van der Waals surface area contributed by atoms with E-state index in [-0.39, 0.29) is 12.3 Å². The Labute approximate surface area is 208 Å². The number of carbonyl (C=O) groups excluding carboxylic acids is 1. The van der Waals surface area contributed by atoms with Gasteiger partial charge in [-0.2, -0.15) is 10.2 Å². The van der Waals surface area contributed by atoms with Crippen LogP contribution < -0.4 is 10.1 Å². The second-order valence-electron chi connectivity index (χ2n) is 7.73. The molecular formula is C27H23ClN4O3. The highest BCUT2D eigenvalue weighted by Crippen LogP contribution is 2.32. The third kappa shape index (κ3) is 6.05. The van der Waals surface area contributed by atoms with Crippen LogP contribution in [0.2, 0.25) is 5.02 Å². The zero-order valence-electron chi connectivity index (χ0n) is 19.1. The van der Waals surface area contributed by atoms with Gasteiger partial charge in [0.15, 0.2) is 0 Å². The van der Waals surface area contributed by atoms with Gasteiger partial charge in [-0.15, -0.1) is 0 Å². The molecule has 0 spiro atoms. The molecule has 8 heteroatoms. The summed E-state index contributed by atoms with van der Waals surface area (Å²) >= 11 is 6.45. The Morgan fingerprint density at radius 3 is 2.60 bits per heavy atom. The van der Waals surface area contributed by atoms with Crippen molar-refractivity contribution in [2.24, 2.45) is 0 Å². The molecule has 3 aromatic carbocycles. The van der Waals surface area contributed by atoms with Crippen molar-refractivity contribution in [1.82, 2.24) is 10.1 Å². The molecule has 1 N–H and O–H groups in total. The van der Waals surface area contributed by atoms with Gasteiger partial charge in [0.2, 0.25) is 17.6 Å². The number of aromatic nitrogens is 2. The summed E-state index contributed by atoms with van der Waals surface area (Å²) in [6.07, 6.45) is 0.460.